The second-order valence-corrected chi connectivity index (χ2v) is 16.7. The summed E-state index contributed by atoms with van der Waals surface area (Å²) < 4.78 is 7.36. The van der Waals surface area contributed by atoms with Gasteiger partial charge in [-0.3, -0.25) is 0 Å². The van der Waals surface area contributed by atoms with Crippen molar-refractivity contribution >= 4 is 76.9 Å². The molecule has 0 N–H and O–H groups in total. The highest BCUT2D eigenvalue weighted by Crippen LogP contribution is 2.45. The Morgan fingerprint density at radius 1 is 0.413 bits per heavy atom. The van der Waals surface area contributed by atoms with E-state index in [0.717, 1.165) is 51.2 Å². The number of fused-ring (bicyclic) bond motifs is 12. The molecule has 1 aliphatic carbocycles. The molecule has 63 heavy (non-hydrogen) atoms. The molecule has 294 valence electrons. The monoisotopic (exact) mass is 804 g/mol. The van der Waals surface area contributed by atoms with Crippen LogP contribution >= 0.6 is 0 Å². The summed E-state index contributed by atoms with van der Waals surface area (Å²) in [6.07, 6.45) is 5.32. The quantitative estimate of drug-likeness (QED) is 0.174. The average Bonchev–Trinajstić information content (AvgIpc) is 4.09. The molecule has 0 radical (unpaired) electrons. The summed E-state index contributed by atoms with van der Waals surface area (Å²) in [4.78, 5) is 16.2. The molecule has 0 saturated heterocycles. The summed E-state index contributed by atoms with van der Waals surface area (Å²) in [5.74, 6) is 1.98. The van der Waals surface area contributed by atoms with Crippen LogP contribution in [0.2, 0.25) is 0 Å². The molecule has 14 rings (SSSR count). The molecular formula is C57H36N6. The van der Waals surface area contributed by atoms with E-state index in [1.807, 2.05) is 6.07 Å². The van der Waals surface area contributed by atoms with Gasteiger partial charge in [-0.2, -0.15) is 0 Å². The number of para-hydroxylation sites is 7. The van der Waals surface area contributed by atoms with Gasteiger partial charge in [-0.15, -0.1) is 0 Å². The van der Waals surface area contributed by atoms with Crippen LogP contribution in [-0.2, 0) is 6.42 Å². The third-order valence-electron chi connectivity index (χ3n) is 13.4. The van der Waals surface area contributed by atoms with E-state index < -0.39 is 0 Å². The van der Waals surface area contributed by atoms with Crippen LogP contribution in [0, 0.1) is 0 Å². The zero-order chi connectivity index (χ0) is 41.2. The Morgan fingerprint density at radius 2 is 0.968 bits per heavy atom. The van der Waals surface area contributed by atoms with Gasteiger partial charge in [0, 0.05) is 78.1 Å². The molecule has 5 aromatic heterocycles. The number of allylic oxidation sites excluding steroid dienone is 1. The van der Waals surface area contributed by atoms with Gasteiger partial charge in [0.25, 0.3) is 0 Å². The first-order chi connectivity index (χ1) is 31.3. The fourth-order valence-electron chi connectivity index (χ4n) is 10.7. The van der Waals surface area contributed by atoms with Crippen molar-refractivity contribution in [3.63, 3.8) is 0 Å². The summed E-state index contributed by atoms with van der Waals surface area (Å²) in [6, 6.07) is 67.3. The van der Waals surface area contributed by atoms with Crippen LogP contribution < -0.4 is 0 Å². The molecule has 0 aliphatic heterocycles. The van der Waals surface area contributed by atoms with Crippen LogP contribution in [0.15, 0.2) is 194 Å². The largest absolute Gasteiger partial charge is 0.313 e. The topological polar surface area (TPSA) is 52.9 Å². The maximum atomic E-state index is 5.50. The van der Waals surface area contributed by atoms with Crippen LogP contribution in [-0.4, -0.2) is 28.5 Å². The molecular weight excluding hydrogens is 769 g/mol. The van der Waals surface area contributed by atoms with Crippen molar-refractivity contribution in [2.75, 3.05) is 0 Å². The number of benzene rings is 8. The van der Waals surface area contributed by atoms with Crippen LogP contribution in [0.3, 0.4) is 0 Å². The SMILES string of the molecule is C1=CC(c2nc(-c3ccccc3)nc(-c3cccc4c5ccccc5n(-c5cccc6c7cccc8c9ccccc9n(c56)c87)c34)n2)Cc2c1c1ccccc1n2-c1ccccc1. The number of aromatic nitrogens is 6. The summed E-state index contributed by atoms with van der Waals surface area (Å²) in [5.41, 5.74) is 13.7. The summed E-state index contributed by atoms with van der Waals surface area (Å²) in [7, 11) is 0. The molecule has 0 spiro atoms. The van der Waals surface area contributed by atoms with Crippen molar-refractivity contribution < 1.29 is 0 Å². The van der Waals surface area contributed by atoms with E-state index in [1.54, 1.807) is 0 Å². The number of nitrogens with zero attached hydrogens (tertiary/aromatic N) is 6. The van der Waals surface area contributed by atoms with Crippen LogP contribution in [0.4, 0.5) is 0 Å². The van der Waals surface area contributed by atoms with E-state index in [4.69, 9.17) is 15.0 Å². The maximum Gasteiger partial charge on any atom is 0.165 e. The van der Waals surface area contributed by atoms with Crippen molar-refractivity contribution in [1.82, 2.24) is 28.5 Å². The standard InChI is InChI=1S/C57H36N6/c1-3-16-35(17-4-1)55-58-56(36-32-33-41-38-20-7-10-28-47(38)61(51(41)34-36)37-18-5-2-6-19-37)60-57(59-55)46-27-14-24-43-39-21-8-11-29-48(39)62(53(43)46)50-31-15-26-45-44-25-13-23-42-40-22-9-12-30-49(40)63(52(42)44)54(45)50/h1-33,36H,34H2. The van der Waals surface area contributed by atoms with Gasteiger partial charge in [0.15, 0.2) is 11.6 Å². The summed E-state index contributed by atoms with van der Waals surface area (Å²) in [6.45, 7) is 0. The van der Waals surface area contributed by atoms with E-state index in [9.17, 15) is 0 Å². The first kappa shape index (κ1) is 34.4. The lowest BCUT2D eigenvalue weighted by atomic mass is 9.92. The van der Waals surface area contributed by atoms with Gasteiger partial charge in [-0.25, -0.2) is 15.0 Å². The van der Waals surface area contributed by atoms with Gasteiger partial charge in [-0.1, -0.05) is 158 Å². The molecule has 6 heteroatoms. The third-order valence-corrected chi connectivity index (χ3v) is 13.4. The average molecular weight is 805 g/mol. The molecule has 13 aromatic rings. The Hall–Kier alpha value is -8.35. The van der Waals surface area contributed by atoms with E-state index in [-0.39, 0.29) is 5.92 Å². The Labute approximate surface area is 361 Å². The molecule has 0 fully saturated rings. The fourth-order valence-corrected chi connectivity index (χ4v) is 10.7. The first-order valence-electron chi connectivity index (χ1n) is 21.6. The van der Waals surface area contributed by atoms with Gasteiger partial charge in [0.05, 0.1) is 38.8 Å². The van der Waals surface area contributed by atoms with Crippen LogP contribution in [0.1, 0.15) is 23.0 Å². The minimum absolute atomic E-state index is 0.0844. The van der Waals surface area contributed by atoms with Gasteiger partial charge < -0.3 is 13.5 Å². The number of hydrogen-bond donors (Lipinski definition) is 0. The second-order valence-electron chi connectivity index (χ2n) is 16.7. The normalized spacial score (nSPS) is 14.1. The van der Waals surface area contributed by atoms with Gasteiger partial charge >= 0.3 is 0 Å². The van der Waals surface area contributed by atoms with Crippen molar-refractivity contribution in [2.45, 2.75) is 12.3 Å². The lowest BCUT2D eigenvalue weighted by molar-refractivity contribution is 0.724. The second kappa shape index (κ2) is 13.1. The highest BCUT2D eigenvalue weighted by Gasteiger charge is 2.28. The summed E-state index contributed by atoms with van der Waals surface area (Å²) >= 11 is 0. The predicted molar refractivity (Wildman–Crippen MR) is 258 cm³/mol. The molecule has 5 heterocycles. The van der Waals surface area contributed by atoms with E-state index >= 15 is 0 Å². The van der Waals surface area contributed by atoms with Gasteiger partial charge in [-0.05, 0) is 42.5 Å². The summed E-state index contributed by atoms with van der Waals surface area (Å²) in [5, 5.41) is 8.59. The number of hydrogen-bond acceptors (Lipinski definition) is 3. The van der Waals surface area contributed by atoms with Gasteiger partial charge in [0.1, 0.15) is 5.82 Å². The Morgan fingerprint density at radius 3 is 1.75 bits per heavy atom. The lowest BCUT2D eigenvalue weighted by Crippen LogP contribution is -2.14. The number of rotatable bonds is 5. The van der Waals surface area contributed by atoms with Crippen molar-refractivity contribution in [3.8, 4) is 34.2 Å². The van der Waals surface area contributed by atoms with E-state index in [1.165, 1.54) is 65.6 Å². The maximum absolute atomic E-state index is 5.50. The predicted octanol–water partition coefficient (Wildman–Crippen LogP) is 13.7. The Balaban J connectivity index is 1.03. The third kappa shape index (κ3) is 4.86. The molecule has 8 aromatic carbocycles. The smallest absolute Gasteiger partial charge is 0.165 e. The van der Waals surface area contributed by atoms with E-state index in [0.29, 0.717) is 11.6 Å². The van der Waals surface area contributed by atoms with Gasteiger partial charge in [0.2, 0.25) is 0 Å². The molecule has 1 atom stereocenters. The van der Waals surface area contributed by atoms with E-state index in [2.05, 4.69) is 208 Å². The minimum atomic E-state index is -0.0844. The highest BCUT2D eigenvalue weighted by molar-refractivity contribution is 6.25. The highest BCUT2D eigenvalue weighted by atomic mass is 15.1. The first-order valence-corrected chi connectivity index (χ1v) is 21.6. The lowest BCUT2D eigenvalue weighted by Gasteiger charge is -2.20. The molecule has 0 amide bonds. The molecule has 1 unspecified atom stereocenters. The fraction of sp³-hybridized carbons (Fsp3) is 0.0351. The molecule has 0 bridgehead atoms. The van der Waals surface area contributed by atoms with Crippen molar-refractivity contribution in [3.05, 3.63) is 211 Å². The van der Waals surface area contributed by atoms with Crippen LogP contribution in [0.5, 0.6) is 0 Å². The zero-order valence-corrected chi connectivity index (χ0v) is 34.0. The van der Waals surface area contributed by atoms with Crippen molar-refractivity contribution in [2.24, 2.45) is 0 Å². The zero-order valence-electron chi connectivity index (χ0n) is 34.0. The Bertz CT molecular complexity index is 4000. The Kier molecular flexibility index (Phi) is 7.13. The molecule has 1 aliphatic rings. The molecule has 0 saturated carbocycles. The van der Waals surface area contributed by atoms with Crippen molar-refractivity contribution in [1.29, 1.82) is 0 Å². The molecule has 6 nitrogen and oxygen atoms in total. The minimum Gasteiger partial charge on any atom is -0.313 e. The van der Waals surface area contributed by atoms with Crippen LogP contribution in [0.25, 0.3) is 111 Å².